The summed E-state index contributed by atoms with van der Waals surface area (Å²) in [6.45, 7) is 2.20. The number of halogens is 1. The predicted molar refractivity (Wildman–Crippen MR) is 60.6 cm³/mol. The molecule has 0 atom stereocenters. The Bertz CT molecular complexity index is 395. The van der Waals surface area contributed by atoms with Crippen molar-refractivity contribution in [1.29, 1.82) is 0 Å². The molecule has 8 heteroatoms. The van der Waals surface area contributed by atoms with E-state index in [0.29, 0.717) is 6.54 Å². The second-order valence-corrected chi connectivity index (χ2v) is 4.41. The van der Waals surface area contributed by atoms with Crippen LogP contribution in [0.5, 0.6) is 0 Å². The van der Waals surface area contributed by atoms with Gasteiger partial charge in [-0.1, -0.05) is 11.3 Å². The molecule has 0 saturated carbocycles. The highest BCUT2D eigenvalue weighted by Gasteiger charge is 2.20. The Hall–Kier alpha value is -1.21. The van der Waals surface area contributed by atoms with E-state index in [2.05, 4.69) is 15.5 Å². The third kappa shape index (κ3) is 3.14. The van der Waals surface area contributed by atoms with Crippen LogP contribution < -0.4 is 5.32 Å². The molecule has 1 rings (SSSR count). The van der Waals surface area contributed by atoms with E-state index in [-0.39, 0.29) is 27.8 Å². The Kier molecular flexibility index (Phi) is 4.63. The van der Waals surface area contributed by atoms with Gasteiger partial charge in [-0.2, -0.15) is 0 Å². The molecular weight excluding hydrogens is 252 g/mol. The van der Waals surface area contributed by atoms with E-state index in [4.69, 9.17) is 11.6 Å². The summed E-state index contributed by atoms with van der Waals surface area (Å²) >= 11 is 6.57. The Morgan fingerprint density at radius 2 is 2.19 bits per heavy atom. The molecule has 88 valence electrons. The summed E-state index contributed by atoms with van der Waals surface area (Å²) in [6, 6.07) is 0. The minimum absolute atomic E-state index is 0.00301. The molecule has 6 nitrogen and oxygen atoms in total. The zero-order chi connectivity index (χ0) is 12.1. The maximum absolute atomic E-state index is 11.8. The molecule has 1 N–H and O–H groups in total. The van der Waals surface area contributed by atoms with Gasteiger partial charge >= 0.3 is 0 Å². The van der Waals surface area contributed by atoms with Gasteiger partial charge in [0.2, 0.25) is 15.4 Å². The predicted octanol–water partition coefficient (Wildman–Crippen LogP) is 0.400. The SMILES string of the molecule is CCN(CC(=O)NC)C(=O)c1nnc(Cl)s1. The van der Waals surface area contributed by atoms with Gasteiger partial charge in [0, 0.05) is 13.6 Å². The maximum Gasteiger partial charge on any atom is 0.285 e. The first-order valence-corrected chi connectivity index (χ1v) is 5.76. The molecule has 2 amide bonds. The van der Waals surface area contributed by atoms with E-state index in [1.807, 2.05) is 0 Å². The first-order valence-electron chi connectivity index (χ1n) is 4.57. The van der Waals surface area contributed by atoms with Crippen molar-refractivity contribution in [3.05, 3.63) is 9.47 Å². The number of nitrogens with zero attached hydrogens (tertiary/aromatic N) is 3. The molecule has 0 radical (unpaired) electrons. The summed E-state index contributed by atoms with van der Waals surface area (Å²) in [7, 11) is 1.52. The molecular formula is C8H11ClN4O2S. The number of carbonyl (C=O) groups excluding carboxylic acids is 2. The van der Waals surface area contributed by atoms with Gasteiger partial charge < -0.3 is 10.2 Å². The van der Waals surface area contributed by atoms with E-state index in [1.54, 1.807) is 6.92 Å². The topological polar surface area (TPSA) is 75.2 Å². The van der Waals surface area contributed by atoms with Crippen molar-refractivity contribution in [2.24, 2.45) is 0 Å². The van der Waals surface area contributed by atoms with Gasteiger partial charge in [0.25, 0.3) is 5.91 Å². The zero-order valence-electron chi connectivity index (χ0n) is 8.86. The molecule has 0 fully saturated rings. The lowest BCUT2D eigenvalue weighted by Gasteiger charge is -2.17. The lowest BCUT2D eigenvalue weighted by Crippen LogP contribution is -2.39. The monoisotopic (exact) mass is 262 g/mol. The number of hydrogen-bond donors (Lipinski definition) is 1. The third-order valence-electron chi connectivity index (χ3n) is 1.87. The highest BCUT2D eigenvalue weighted by molar-refractivity contribution is 7.17. The molecule has 0 unspecified atom stereocenters. The average Bonchev–Trinajstić information content (AvgIpc) is 2.71. The molecule has 0 aliphatic rings. The first kappa shape index (κ1) is 12.9. The van der Waals surface area contributed by atoms with Gasteiger partial charge in [-0.15, -0.1) is 10.2 Å². The van der Waals surface area contributed by atoms with Crippen molar-refractivity contribution in [3.63, 3.8) is 0 Å². The molecule has 0 aliphatic carbocycles. The van der Waals surface area contributed by atoms with E-state index in [1.165, 1.54) is 11.9 Å². The lowest BCUT2D eigenvalue weighted by molar-refractivity contribution is -0.121. The summed E-state index contributed by atoms with van der Waals surface area (Å²) in [6.07, 6.45) is 0. The highest BCUT2D eigenvalue weighted by atomic mass is 35.5. The largest absolute Gasteiger partial charge is 0.358 e. The van der Waals surface area contributed by atoms with Gasteiger partial charge in [-0.3, -0.25) is 9.59 Å². The highest BCUT2D eigenvalue weighted by Crippen LogP contribution is 2.16. The molecule has 16 heavy (non-hydrogen) atoms. The molecule has 0 bridgehead atoms. The molecule has 1 aromatic rings. The number of rotatable bonds is 4. The van der Waals surface area contributed by atoms with E-state index in [0.717, 1.165) is 11.3 Å². The summed E-state index contributed by atoms with van der Waals surface area (Å²) in [5, 5.41) is 9.81. The van der Waals surface area contributed by atoms with Gasteiger partial charge in [0.15, 0.2) is 0 Å². The van der Waals surface area contributed by atoms with Crippen molar-refractivity contribution in [2.45, 2.75) is 6.92 Å². The van der Waals surface area contributed by atoms with E-state index < -0.39 is 0 Å². The smallest absolute Gasteiger partial charge is 0.285 e. The fourth-order valence-corrected chi connectivity index (χ4v) is 1.80. The van der Waals surface area contributed by atoms with Gasteiger partial charge in [0.1, 0.15) is 0 Å². The van der Waals surface area contributed by atoms with E-state index in [9.17, 15) is 9.59 Å². The lowest BCUT2D eigenvalue weighted by atomic mass is 10.4. The fraction of sp³-hybridized carbons (Fsp3) is 0.500. The van der Waals surface area contributed by atoms with Crippen LogP contribution in [0.4, 0.5) is 0 Å². The average molecular weight is 263 g/mol. The van der Waals surface area contributed by atoms with Crippen LogP contribution in [0.1, 0.15) is 16.7 Å². The minimum atomic E-state index is -0.337. The fourth-order valence-electron chi connectivity index (χ4n) is 1.01. The standard InChI is InChI=1S/C8H11ClN4O2S/c1-3-13(4-5(14)10-2)7(15)6-11-12-8(9)16-6/h3-4H2,1-2H3,(H,10,14). The number of amides is 2. The normalized spacial score (nSPS) is 9.94. The molecule has 0 saturated heterocycles. The van der Waals surface area contributed by atoms with Crippen LogP contribution in [-0.4, -0.2) is 47.0 Å². The summed E-state index contributed by atoms with van der Waals surface area (Å²) < 4.78 is 0.208. The minimum Gasteiger partial charge on any atom is -0.358 e. The van der Waals surface area contributed by atoms with Crippen molar-refractivity contribution in [1.82, 2.24) is 20.4 Å². The number of nitrogens with one attached hydrogen (secondary N) is 1. The quantitative estimate of drug-likeness (QED) is 0.852. The maximum atomic E-state index is 11.8. The number of hydrogen-bond acceptors (Lipinski definition) is 5. The van der Waals surface area contributed by atoms with Crippen molar-refractivity contribution >= 4 is 34.8 Å². The molecule has 0 spiro atoms. The van der Waals surface area contributed by atoms with E-state index >= 15 is 0 Å². The van der Waals surface area contributed by atoms with Crippen LogP contribution in [0.15, 0.2) is 0 Å². The first-order chi connectivity index (χ1) is 7.58. The number of carbonyl (C=O) groups is 2. The van der Waals surface area contributed by atoms with Gasteiger partial charge in [-0.25, -0.2) is 0 Å². The third-order valence-corrected chi connectivity index (χ3v) is 2.87. The van der Waals surface area contributed by atoms with Crippen LogP contribution in [-0.2, 0) is 4.79 Å². The second-order valence-electron chi connectivity index (χ2n) is 2.85. The Balaban J connectivity index is 2.73. The molecule has 1 aromatic heterocycles. The zero-order valence-corrected chi connectivity index (χ0v) is 10.4. The summed E-state index contributed by atoms with van der Waals surface area (Å²) in [5.41, 5.74) is 0. The summed E-state index contributed by atoms with van der Waals surface area (Å²) in [5.74, 6) is -0.568. The van der Waals surface area contributed by atoms with Crippen molar-refractivity contribution in [2.75, 3.05) is 20.1 Å². The summed E-state index contributed by atoms with van der Waals surface area (Å²) in [4.78, 5) is 24.4. The van der Waals surface area contributed by atoms with Crippen molar-refractivity contribution in [3.8, 4) is 0 Å². The molecule has 0 aliphatic heterocycles. The van der Waals surface area contributed by atoms with Gasteiger partial charge in [-0.05, 0) is 18.5 Å². The molecule has 0 aromatic carbocycles. The van der Waals surface area contributed by atoms with Crippen molar-refractivity contribution < 1.29 is 9.59 Å². The van der Waals surface area contributed by atoms with Crippen LogP contribution in [0.2, 0.25) is 4.47 Å². The van der Waals surface area contributed by atoms with Crippen LogP contribution in [0.3, 0.4) is 0 Å². The van der Waals surface area contributed by atoms with Crippen LogP contribution in [0, 0.1) is 0 Å². The Morgan fingerprint density at radius 1 is 1.50 bits per heavy atom. The van der Waals surface area contributed by atoms with Gasteiger partial charge in [0.05, 0.1) is 6.54 Å². The molecule has 1 heterocycles. The van der Waals surface area contributed by atoms with Crippen LogP contribution in [0.25, 0.3) is 0 Å². The number of aromatic nitrogens is 2. The second kappa shape index (κ2) is 5.76. The van der Waals surface area contributed by atoms with Crippen LogP contribution >= 0.6 is 22.9 Å². The number of likely N-dealkylation sites (N-methyl/N-ethyl adjacent to an activating group) is 2. The Morgan fingerprint density at radius 3 is 2.62 bits per heavy atom. The Labute approximate surface area is 102 Å².